The topological polar surface area (TPSA) is 714 Å². The van der Waals surface area contributed by atoms with Crippen molar-refractivity contribution in [2.75, 3.05) is 39.3 Å². The van der Waals surface area contributed by atoms with Gasteiger partial charge in [0.05, 0.1) is 32.0 Å². The molecule has 12 atom stereocenters. The molecule has 0 bridgehead atoms. The van der Waals surface area contributed by atoms with Crippen molar-refractivity contribution in [3.05, 3.63) is 0 Å². The maximum atomic E-state index is 14.4. The Morgan fingerprint density at radius 3 is 1.41 bits per heavy atom. The Kier molecular flexibility index (Phi) is 39.3. The molecule has 0 spiro atoms. The fraction of sp³-hybridized carbons (Fsp3) is 0.667. The number of rotatable bonds is 48. The first-order valence-corrected chi connectivity index (χ1v) is 31.7. The fourth-order valence-corrected chi connectivity index (χ4v) is 9.40. The molecule has 42 nitrogen and oxygen atoms in total. The fourth-order valence-electron chi connectivity index (χ4n) is 9.40. The van der Waals surface area contributed by atoms with Crippen LogP contribution in [-0.4, -0.2) is 244 Å². The second-order valence-electron chi connectivity index (χ2n) is 23.2. The smallest absolute Gasteiger partial charge is 0.326 e. The highest BCUT2D eigenvalue weighted by atomic mass is 16.4. The molecule has 0 saturated carbocycles. The standard InChI is InChI=1S/C57H97N21O21/c1-5-27(2)44(60)53(96)74-32(15-17-38(59)79)49(92)72-31(16-18-41(82)83)47(90)68-25-39(80)69-29(4)46(89)70-28(3)45(88)67-26-40(81)71-33(12-8-20-65-56(61)62)54(97)78-22-10-14-37(78)52(95)73-30(11-6-7-19-58)48(91)76-36(24-43(86)87)51(94)77-35(23-42(84)85)50(93)75-34(55(98)99)13-9-21-66-57(63)64/h27-37,44H,5-26,58,60H2,1-4H3,(H2,59,79)(H,67,88)(H,68,90)(H,69,80)(H,70,89)(H,71,81)(H,72,92)(H,73,95)(H,74,96)(H,75,93)(H,76,91)(H,77,94)(H,82,83)(H,84,85)(H,86,87)(H,98,99)(H4,61,62,65)(H4,63,64,66)/t27-,28-,29-,30-,31-,32-,33-,34-,35-,36-,37-,44-/m0/s1. The lowest BCUT2D eigenvalue weighted by molar-refractivity contribution is -0.145. The first-order chi connectivity index (χ1) is 46.4. The number of nitrogens with zero attached hydrogens (tertiary/aromatic N) is 3. The van der Waals surface area contributed by atoms with E-state index in [9.17, 15) is 102 Å². The summed E-state index contributed by atoms with van der Waals surface area (Å²) in [6.07, 6.45) is -3.40. The molecule has 0 aliphatic carbocycles. The molecule has 42 heteroatoms. The largest absolute Gasteiger partial charge is 0.481 e. The van der Waals surface area contributed by atoms with Gasteiger partial charge in [0.25, 0.3) is 0 Å². The highest BCUT2D eigenvalue weighted by Gasteiger charge is 2.40. The van der Waals surface area contributed by atoms with Crippen molar-refractivity contribution in [3.63, 3.8) is 0 Å². The highest BCUT2D eigenvalue weighted by Crippen LogP contribution is 2.21. The van der Waals surface area contributed by atoms with Crippen LogP contribution in [0.15, 0.2) is 9.98 Å². The second-order valence-corrected chi connectivity index (χ2v) is 23.2. The molecule has 1 aliphatic rings. The molecule has 1 aliphatic heterocycles. The minimum absolute atomic E-state index is 0.0119. The molecular weight excluding hydrogens is 1310 g/mol. The van der Waals surface area contributed by atoms with Crippen molar-refractivity contribution in [1.82, 2.24) is 63.4 Å². The zero-order chi connectivity index (χ0) is 75.2. The van der Waals surface area contributed by atoms with Crippen molar-refractivity contribution in [3.8, 4) is 0 Å². The van der Waals surface area contributed by atoms with Crippen LogP contribution in [-0.2, 0) is 81.5 Å². The molecule has 1 rings (SSSR count). The van der Waals surface area contributed by atoms with Crippen LogP contribution in [0.3, 0.4) is 0 Å². The van der Waals surface area contributed by atoms with Crippen molar-refractivity contribution in [2.24, 2.45) is 56.0 Å². The van der Waals surface area contributed by atoms with E-state index >= 15 is 0 Å². The molecule has 556 valence electrons. The van der Waals surface area contributed by atoms with E-state index in [-0.39, 0.29) is 108 Å². The van der Waals surface area contributed by atoms with Crippen molar-refractivity contribution in [1.29, 1.82) is 0 Å². The quantitative estimate of drug-likeness (QED) is 0.0153. The number of carboxylic acids is 4. The van der Waals surface area contributed by atoms with Crippen LogP contribution in [0.5, 0.6) is 0 Å². The minimum atomic E-state index is -2.04. The Morgan fingerprint density at radius 1 is 0.475 bits per heavy atom. The number of nitrogens with one attached hydrogen (secondary N) is 11. The lowest BCUT2D eigenvalue weighted by Gasteiger charge is -2.30. The van der Waals surface area contributed by atoms with Gasteiger partial charge < -0.3 is 124 Å². The summed E-state index contributed by atoms with van der Waals surface area (Å²) in [5.41, 5.74) is 38.4. The normalized spacial score (nSPS) is 15.7. The number of aliphatic imine (C=N–C) groups is 2. The van der Waals surface area contributed by atoms with Gasteiger partial charge in [-0.25, -0.2) is 4.79 Å². The van der Waals surface area contributed by atoms with Gasteiger partial charge in [0.15, 0.2) is 11.9 Å². The Bertz CT molecular complexity index is 2930. The highest BCUT2D eigenvalue weighted by molar-refractivity contribution is 6.00. The van der Waals surface area contributed by atoms with E-state index < -0.39 is 206 Å². The number of carbonyl (C=O) groups is 17. The van der Waals surface area contributed by atoms with E-state index in [1.807, 2.05) is 5.32 Å². The second kappa shape index (κ2) is 45.0. The maximum absolute atomic E-state index is 14.4. The number of primary amides is 1. The number of carbonyl (C=O) groups excluding carboxylic acids is 13. The van der Waals surface area contributed by atoms with Crippen LogP contribution in [0.1, 0.15) is 130 Å². The van der Waals surface area contributed by atoms with Crippen LogP contribution >= 0.6 is 0 Å². The van der Waals surface area contributed by atoms with E-state index in [0.29, 0.717) is 12.8 Å². The summed E-state index contributed by atoms with van der Waals surface area (Å²) in [5, 5.41) is 63.6. The number of nitrogens with two attached hydrogens (primary N) is 7. The van der Waals surface area contributed by atoms with Gasteiger partial charge in [-0.15, -0.1) is 0 Å². The molecule has 0 aromatic carbocycles. The monoisotopic (exact) mass is 1410 g/mol. The lowest BCUT2D eigenvalue weighted by Crippen LogP contribution is -2.59. The van der Waals surface area contributed by atoms with Crippen molar-refractivity contribution in [2.45, 2.75) is 197 Å². The molecule has 1 saturated heterocycles. The van der Waals surface area contributed by atoms with Gasteiger partial charge in [0.1, 0.15) is 60.4 Å². The van der Waals surface area contributed by atoms with Gasteiger partial charge in [-0.05, 0) is 96.9 Å². The number of carboxylic acid groups (broad SMARTS) is 4. The average molecular weight is 1410 g/mol. The molecule has 29 N–H and O–H groups in total. The first kappa shape index (κ1) is 86.5. The Balaban J connectivity index is 3.21. The van der Waals surface area contributed by atoms with E-state index in [4.69, 9.17) is 40.1 Å². The number of guanidine groups is 2. The third-order valence-corrected chi connectivity index (χ3v) is 15.1. The molecule has 0 aromatic heterocycles. The van der Waals surface area contributed by atoms with Gasteiger partial charge in [-0.2, -0.15) is 0 Å². The Morgan fingerprint density at radius 2 is 0.919 bits per heavy atom. The number of aliphatic carboxylic acids is 4. The molecule has 99 heavy (non-hydrogen) atoms. The number of hydrogen-bond donors (Lipinski definition) is 22. The molecular formula is C57H97N21O21. The van der Waals surface area contributed by atoms with Gasteiger partial charge in [-0.3, -0.25) is 86.7 Å². The number of unbranched alkanes of at least 4 members (excludes halogenated alkanes) is 1. The zero-order valence-electron chi connectivity index (χ0n) is 55.6. The lowest BCUT2D eigenvalue weighted by atomic mass is 9.98. The van der Waals surface area contributed by atoms with E-state index in [0.717, 1.165) is 4.90 Å². The molecule has 13 amide bonds. The third-order valence-electron chi connectivity index (χ3n) is 15.1. The molecule has 1 fully saturated rings. The predicted molar refractivity (Wildman–Crippen MR) is 347 cm³/mol. The first-order valence-electron chi connectivity index (χ1n) is 31.7. The SMILES string of the molecule is CC[C@H](C)[C@H](N)C(=O)N[C@@H](CCC(N)=O)C(=O)N[C@@H](CCC(=O)O)C(=O)NCC(=O)N[C@@H](C)C(=O)N[C@@H](C)C(=O)NCC(=O)N[C@@H](CCCN=C(N)N)C(=O)N1CCC[C@H]1C(=O)N[C@@H](CCCCN)C(=O)N[C@@H](CC(=O)O)C(=O)N[C@@H](CC(=O)O)C(=O)N[C@@H](CCCN=C(N)N)C(=O)O. The van der Waals surface area contributed by atoms with Crippen LogP contribution in [0.25, 0.3) is 0 Å². The molecule has 0 unspecified atom stereocenters. The van der Waals surface area contributed by atoms with Crippen LogP contribution < -0.4 is 98.6 Å². The summed E-state index contributed by atoms with van der Waals surface area (Å²) in [6.45, 7) is 4.25. The van der Waals surface area contributed by atoms with E-state index in [2.05, 4.69) is 63.2 Å². The van der Waals surface area contributed by atoms with Crippen LogP contribution in [0.4, 0.5) is 0 Å². The molecule has 0 aromatic rings. The van der Waals surface area contributed by atoms with Gasteiger partial charge >= 0.3 is 23.9 Å². The summed E-state index contributed by atoms with van der Waals surface area (Å²) in [4.78, 5) is 229. The molecule has 1 heterocycles. The van der Waals surface area contributed by atoms with Crippen molar-refractivity contribution < 1.29 is 102 Å². The van der Waals surface area contributed by atoms with Gasteiger partial charge in [-0.1, -0.05) is 20.3 Å². The van der Waals surface area contributed by atoms with Gasteiger partial charge in [0, 0.05) is 32.5 Å². The zero-order valence-corrected chi connectivity index (χ0v) is 55.6. The summed E-state index contributed by atoms with van der Waals surface area (Å²) < 4.78 is 0. The van der Waals surface area contributed by atoms with E-state index in [1.165, 1.54) is 13.8 Å². The molecule has 0 radical (unpaired) electrons. The number of hydrogen-bond acceptors (Lipinski definition) is 21. The van der Waals surface area contributed by atoms with Crippen LogP contribution in [0, 0.1) is 5.92 Å². The summed E-state index contributed by atoms with van der Waals surface area (Å²) in [6, 6.07) is -16.8. The van der Waals surface area contributed by atoms with E-state index in [1.54, 1.807) is 13.8 Å². The summed E-state index contributed by atoms with van der Waals surface area (Å²) in [5.74, 6) is -20.1. The number of amides is 13. The van der Waals surface area contributed by atoms with Gasteiger partial charge in [0.2, 0.25) is 76.8 Å². The van der Waals surface area contributed by atoms with Crippen molar-refractivity contribution >= 4 is 113 Å². The minimum Gasteiger partial charge on any atom is -0.481 e. The average Bonchev–Trinajstić information content (AvgIpc) is 1.74. The van der Waals surface area contributed by atoms with Crippen LogP contribution in [0.2, 0.25) is 0 Å². The summed E-state index contributed by atoms with van der Waals surface area (Å²) in [7, 11) is 0. The third kappa shape index (κ3) is 34.3. The number of likely N-dealkylation sites (tertiary alicyclic amines) is 1. The Hall–Kier alpha value is -10.5. The Labute approximate surface area is 568 Å². The predicted octanol–water partition coefficient (Wildman–Crippen LogP) is -9.61. The summed E-state index contributed by atoms with van der Waals surface area (Å²) >= 11 is 0. The maximum Gasteiger partial charge on any atom is 0.326 e.